The molecule has 2 N–H and O–H groups in total. The van der Waals surface area contributed by atoms with Gasteiger partial charge in [-0.05, 0) is 50.4 Å². The molecule has 24 heavy (non-hydrogen) atoms. The van der Waals surface area contributed by atoms with Crippen LogP contribution in [0.1, 0.15) is 37.7 Å². The number of nitrogens with zero attached hydrogens (tertiary/aromatic N) is 2. The summed E-state index contributed by atoms with van der Waals surface area (Å²) in [6.45, 7) is 4.27. The van der Waals surface area contributed by atoms with Crippen LogP contribution in [0.3, 0.4) is 0 Å². The lowest BCUT2D eigenvalue weighted by molar-refractivity contribution is -0.130. The zero-order valence-electron chi connectivity index (χ0n) is 14.2. The third kappa shape index (κ3) is 5.27. The summed E-state index contributed by atoms with van der Waals surface area (Å²) in [5.41, 5.74) is 7.83. The Morgan fingerprint density at radius 2 is 1.79 bits per heavy atom. The van der Waals surface area contributed by atoms with Gasteiger partial charge in [0.1, 0.15) is 0 Å². The van der Waals surface area contributed by atoms with Crippen LogP contribution in [0.2, 0.25) is 0 Å². The molecule has 1 aromatic carbocycles. The van der Waals surface area contributed by atoms with E-state index in [1.54, 1.807) is 0 Å². The summed E-state index contributed by atoms with van der Waals surface area (Å²) >= 11 is 0. The Morgan fingerprint density at radius 1 is 1.08 bits per heavy atom. The lowest BCUT2D eigenvalue weighted by Crippen LogP contribution is -2.41. The van der Waals surface area contributed by atoms with E-state index in [2.05, 4.69) is 9.80 Å². The number of benzene rings is 1. The van der Waals surface area contributed by atoms with Crippen LogP contribution in [-0.4, -0.2) is 47.9 Å². The van der Waals surface area contributed by atoms with Crippen LogP contribution in [0.15, 0.2) is 24.3 Å². The zero-order valence-corrected chi connectivity index (χ0v) is 15.8. The van der Waals surface area contributed by atoms with Crippen molar-refractivity contribution in [2.24, 2.45) is 0 Å². The number of rotatable bonds is 4. The van der Waals surface area contributed by atoms with Gasteiger partial charge in [-0.3, -0.25) is 9.69 Å². The Balaban J connectivity index is 0.00000144. The molecule has 0 aromatic heterocycles. The molecule has 6 heteroatoms. The van der Waals surface area contributed by atoms with E-state index in [9.17, 15) is 4.79 Å². The summed E-state index contributed by atoms with van der Waals surface area (Å²) in [6.07, 6.45) is 6.45. The predicted octanol–water partition coefficient (Wildman–Crippen LogP) is 3.13. The van der Waals surface area contributed by atoms with E-state index < -0.39 is 0 Å². The van der Waals surface area contributed by atoms with Crippen molar-refractivity contribution < 1.29 is 4.79 Å². The first-order valence-corrected chi connectivity index (χ1v) is 8.59. The van der Waals surface area contributed by atoms with Crippen molar-refractivity contribution in [3.05, 3.63) is 29.8 Å². The highest BCUT2D eigenvalue weighted by Crippen LogP contribution is 2.21. The fourth-order valence-electron chi connectivity index (χ4n) is 3.71. The van der Waals surface area contributed by atoms with E-state index >= 15 is 0 Å². The van der Waals surface area contributed by atoms with E-state index in [1.165, 1.54) is 32.4 Å². The Morgan fingerprint density at radius 3 is 2.50 bits per heavy atom. The summed E-state index contributed by atoms with van der Waals surface area (Å²) in [4.78, 5) is 17.1. The average molecular weight is 374 g/mol. The van der Waals surface area contributed by atoms with Gasteiger partial charge in [-0.25, -0.2) is 0 Å². The van der Waals surface area contributed by atoms with Crippen LogP contribution in [0.5, 0.6) is 0 Å². The SMILES string of the molecule is Cl.Cl.Nc1ccccc1CCC(=O)N1CCC(N2CCCCC2)C1. The second-order valence-corrected chi connectivity index (χ2v) is 6.58. The van der Waals surface area contributed by atoms with Crippen LogP contribution in [-0.2, 0) is 11.2 Å². The molecule has 0 saturated carbocycles. The summed E-state index contributed by atoms with van der Waals surface area (Å²) < 4.78 is 0. The summed E-state index contributed by atoms with van der Waals surface area (Å²) in [5, 5.41) is 0. The molecule has 0 bridgehead atoms. The van der Waals surface area contributed by atoms with E-state index in [1.807, 2.05) is 24.3 Å². The van der Waals surface area contributed by atoms with Crippen LogP contribution in [0.25, 0.3) is 0 Å². The number of likely N-dealkylation sites (tertiary alicyclic amines) is 2. The first-order chi connectivity index (χ1) is 10.7. The lowest BCUT2D eigenvalue weighted by atomic mass is 10.1. The summed E-state index contributed by atoms with van der Waals surface area (Å²) in [6, 6.07) is 8.43. The summed E-state index contributed by atoms with van der Waals surface area (Å²) in [5.74, 6) is 0.280. The van der Waals surface area contributed by atoms with Crippen molar-refractivity contribution >= 4 is 36.4 Å². The summed E-state index contributed by atoms with van der Waals surface area (Å²) in [7, 11) is 0. The molecule has 2 saturated heterocycles. The topological polar surface area (TPSA) is 49.6 Å². The molecule has 1 unspecified atom stereocenters. The smallest absolute Gasteiger partial charge is 0.222 e. The fourth-order valence-corrected chi connectivity index (χ4v) is 3.71. The average Bonchev–Trinajstić information content (AvgIpc) is 3.05. The maximum atomic E-state index is 12.4. The molecule has 136 valence electrons. The van der Waals surface area contributed by atoms with Crippen LogP contribution < -0.4 is 5.73 Å². The van der Waals surface area contributed by atoms with Crippen LogP contribution in [0, 0.1) is 0 Å². The van der Waals surface area contributed by atoms with Gasteiger partial charge in [-0.15, -0.1) is 24.8 Å². The number of hydrogen-bond donors (Lipinski definition) is 1. The number of nitrogens with two attached hydrogens (primary N) is 1. The van der Waals surface area contributed by atoms with Crippen LogP contribution in [0.4, 0.5) is 5.69 Å². The van der Waals surface area contributed by atoms with Gasteiger partial charge >= 0.3 is 0 Å². The molecular weight excluding hydrogens is 345 g/mol. The van der Waals surface area contributed by atoms with Gasteiger partial charge in [-0.1, -0.05) is 24.6 Å². The number of carbonyl (C=O) groups is 1. The fraction of sp³-hybridized carbons (Fsp3) is 0.611. The van der Waals surface area contributed by atoms with Crippen molar-refractivity contribution in [3.63, 3.8) is 0 Å². The van der Waals surface area contributed by atoms with Crippen molar-refractivity contribution in [3.8, 4) is 0 Å². The van der Waals surface area contributed by atoms with Gasteiger partial charge in [0.15, 0.2) is 0 Å². The minimum atomic E-state index is 0. The molecule has 2 aliphatic rings. The highest BCUT2D eigenvalue weighted by atomic mass is 35.5. The van der Waals surface area contributed by atoms with Crippen molar-refractivity contribution in [2.45, 2.75) is 44.6 Å². The Kier molecular flexibility index (Phi) is 8.88. The number of nitrogen functional groups attached to an aromatic ring is 1. The highest BCUT2D eigenvalue weighted by molar-refractivity contribution is 5.85. The second-order valence-electron chi connectivity index (χ2n) is 6.58. The quantitative estimate of drug-likeness (QED) is 0.824. The molecule has 1 amide bonds. The highest BCUT2D eigenvalue weighted by Gasteiger charge is 2.30. The number of anilines is 1. The molecule has 0 spiro atoms. The lowest BCUT2D eigenvalue weighted by Gasteiger charge is -2.32. The van der Waals surface area contributed by atoms with Gasteiger partial charge in [0, 0.05) is 31.2 Å². The first-order valence-electron chi connectivity index (χ1n) is 8.59. The molecule has 0 radical (unpaired) electrons. The van der Waals surface area contributed by atoms with E-state index in [-0.39, 0.29) is 30.7 Å². The molecule has 1 aromatic rings. The van der Waals surface area contributed by atoms with Crippen LogP contribution >= 0.6 is 24.8 Å². The third-order valence-corrected chi connectivity index (χ3v) is 5.09. The van der Waals surface area contributed by atoms with Gasteiger partial charge in [0.2, 0.25) is 5.91 Å². The largest absolute Gasteiger partial charge is 0.399 e. The standard InChI is InChI=1S/C18H27N3O.2ClH/c19-17-7-3-2-6-15(17)8-9-18(22)21-13-10-16(14-21)20-11-4-1-5-12-20;;/h2-3,6-7,16H,1,4-5,8-14,19H2;2*1H. The van der Waals surface area contributed by atoms with E-state index in [4.69, 9.17) is 5.73 Å². The minimum Gasteiger partial charge on any atom is -0.399 e. The maximum Gasteiger partial charge on any atom is 0.222 e. The molecule has 0 aliphatic carbocycles. The van der Waals surface area contributed by atoms with Crippen molar-refractivity contribution in [1.29, 1.82) is 0 Å². The maximum absolute atomic E-state index is 12.4. The zero-order chi connectivity index (χ0) is 15.4. The molecule has 3 rings (SSSR count). The normalized spacial score (nSPS) is 21.0. The Bertz CT molecular complexity index is 521. The van der Waals surface area contributed by atoms with Crippen molar-refractivity contribution in [1.82, 2.24) is 9.80 Å². The number of piperidine rings is 1. The molecular formula is C18H29Cl2N3O. The molecule has 2 aliphatic heterocycles. The molecule has 2 heterocycles. The number of para-hydroxylation sites is 1. The molecule has 2 fully saturated rings. The second kappa shape index (κ2) is 10.1. The Labute approximate surface area is 157 Å². The van der Waals surface area contributed by atoms with E-state index in [0.29, 0.717) is 12.5 Å². The van der Waals surface area contributed by atoms with E-state index in [0.717, 1.165) is 37.2 Å². The number of halogens is 2. The van der Waals surface area contributed by atoms with Gasteiger partial charge in [0.05, 0.1) is 0 Å². The number of amides is 1. The molecule has 4 nitrogen and oxygen atoms in total. The number of aryl methyl sites for hydroxylation is 1. The predicted molar refractivity (Wildman–Crippen MR) is 104 cm³/mol. The van der Waals surface area contributed by atoms with Gasteiger partial charge < -0.3 is 10.6 Å². The number of carbonyl (C=O) groups excluding carboxylic acids is 1. The van der Waals surface area contributed by atoms with Crippen molar-refractivity contribution in [2.75, 3.05) is 31.9 Å². The monoisotopic (exact) mass is 373 g/mol. The minimum absolute atomic E-state index is 0. The molecule has 1 atom stereocenters. The van der Waals surface area contributed by atoms with Gasteiger partial charge in [0.25, 0.3) is 0 Å². The Hall–Kier alpha value is -0.970. The first kappa shape index (κ1) is 21.1. The number of hydrogen-bond acceptors (Lipinski definition) is 3. The van der Waals surface area contributed by atoms with Gasteiger partial charge in [-0.2, -0.15) is 0 Å². The third-order valence-electron chi connectivity index (χ3n) is 5.09.